The van der Waals surface area contributed by atoms with Crippen molar-refractivity contribution in [3.05, 3.63) is 22.2 Å². The van der Waals surface area contributed by atoms with Gasteiger partial charge in [0, 0.05) is 4.47 Å². The Bertz CT molecular complexity index is 365. The van der Waals surface area contributed by atoms with Gasteiger partial charge in [0.15, 0.2) is 0 Å². The largest absolute Gasteiger partial charge is 0.496 e. The smallest absolute Gasteiger partial charge is 0.345 e. The van der Waals surface area contributed by atoms with Crippen LogP contribution in [-0.4, -0.2) is 26.8 Å². The molecule has 0 saturated heterocycles. The van der Waals surface area contributed by atoms with E-state index in [-0.39, 0.29) is 0 Å². The van der Waals surface area contributed by atoms with E-state index in [0.29, 0.717) is 23.7 Å². The van der Waals surface area contributed by atoms with Crippen molar-refractivity contribution in [3.8, 4) is 11.5 Å². The van der Waals surface area contributed by atoms with Crippen molar-refractivity contribution in [1.29, 1.82) is 0 Å². The van der Waals surface area contributed by atoms with Crippen LogP contribution >= 0.6 is 15.9 Å². The quantitative estimate of drug-likeness (QED) is 0.799. The minimum atomic E-state index is -0.455. The van der Waals surface area contributed by atoms with Crippen molar-refractivity contribution in [2.45, 2.75) is 6.92 Å². The fourth-order valence-electron chi connectivity index (χ4n) is 1.28. The van der Waals surface area contributed by atoms with E-state index in [9.17, 15) is 4.79 Å². The van der Waals surface area contributed by atoms with Crippen molar-refractivity contribution in [1.82, 2.24) is 0 Å². The summed E-state index contributed by atoms with van der Waals surface area (Å²) >= 11 is 3.30. The lowest BCUT2D eigenvalue weighted by atomic mass is 10.2. The van der Waals surface area contributed by atoms with Crippen LogP contribution in [0.4, 0.5) is 0 Å². The van der Waals surface area contributed by atoms with Crippen molar-refractivity contribution in [2.24, 2.45) is 0 Å². The third-order valence-electron chi connectivity index (χ3n) is 1.95. The van der Waals surface area contributed by atoms with Crippen molar-refractivity contribution in [3.63, 3.8) is 0 Å². The monoisotopic (exact) mass is 288 g/mol. The maximum Gasteiger partial charge on any atom is 0.345 e. The lowest BCUT2D eigenvalue weighted by molar-refractivity contribution is 0.0519. The number of carbonyl (C=O) groups is 1. The van der Waals surface area contributed by atoms with Crippen LogP contribution in [0.5, 0.6) is 11.5 Å². The van der Waals surface area contributed by atoms with E-state index in [1.54, 1.807) is 19.1 Å². The summed E-state index contributed by atoms with van der Waals surface area (Å²) in [5, 5.41) is 0. The van der Waals surface area contributed by atoms with Gasteiger partial charge in [-0.2, -0.15) is 0 Å². The zero-order valence-corrected chi connectivity index (χ0v) is 11.0. The van der Waals surface area contributed by atoms with Crippen LogP contribution in [0.3, 0.4) is 0 Å². The van der Waals surface area contributed by atoms with Gasteiger partial charge in [-0.25, -0.2) is 4.79 Å². The molecule has 4 nitrogen and oxygen atoms in total. The number of benzene rings is 1. The number of esters is 1. The van der Waals surface area contributed by atoms with Gasteiger partial charge in [0.1, 0.15) is 17.1 Å². The molecule has 0 heterocycles. The fraction of sp³-hybridized carbons (Fsp3) is 0.364. The van der Waals surface area contributed by atoms with Crippen molar-refractivity contribution in [2.75, 3.05) is 20.8 Å². The second-order valence-electron chi connectivity index (χ2n) is 2.91. The molecule has 0 aliphatic carbocycles. The molecule has 0 aromatic heterocycles. The molecule has 0 bridgehead atoms. The Morgan fingerprint density at radius 1 is 1.25 bits per heavy atom. The van der Waals surface area contributed by atoms with E-state index in [2.05, 4.69) is 15.9 Å². The molecule has 0 radical (unpaired) electrons. The second-order valence-corrected chi connectivity index (χ2v) is 3.82. The van der Waals surface area contributed by atoms with E-state index in [0.717, 1.165) is 4.47 Å². The Kier molecular flexibility index (Phi) is 4.61. The molecule has 0 aliphatic heterocycles. The lowest BCUT2D eigenvalue weighted by Crippen LogP contribution is -2.09. The number of hydrogen-bond donors (Lipinski definition) is 0. The Morgan fingerprint density at radius 3 is 2.12 bits per heavy atom. The topological polar surface area (TPSA) is 44.8 Å². The Hall–Kier alpha value is -1.23. The SMILES string of the molecule is CCOC(=O)c1c(OC)cc(Br)cc1OC. The summed E-state index contributed by atoms with van der Waals surface area (Å²) in [5.41, 5.74) is 0.301. The van der Waals surface area contributed by atoms with Gasteiger partial charge in [-0.3, -0.25) is 0 Å². The summed E-state index contributed by atoms with van der Waals surface area (Å²) in [6.07, 6.45) is 0. The standard InChI is InChI=1S/C11H13BrO4/c1-4-16-11(13)10-8(14-2)5-7(12)6-9(10)15-3/h5-6H,4H2,1-3H3. The summed E-state index contributed by atoms with van der Waals surface area (Å²) in [5.74, 6) is 0.387. The predicted molar refractivity (Wildman–Crippen MR) is 63.2 cm³/mol. The van der Waals surface area contributed by atoms with E-state index < -0.39 is 5.97 Å². The predicted octanol–water partition coefficient (Wildman–Crippen LogP) is 2.64. The van der Waals surface area contributed by atoms with Gasteiger partial charge in [-0.05, 0) is 19.1 Å². The summed E-state index contributed by atoms with van der Waals surface area (Å²) < 4.78 is 16.0. The van der Waals surface area contributed by atoms with Crippen LogP contribution in [0.1, 0.15) is 17.3 Å². The van der Waals surface area contributed by atoms with E-state index in [1.807, 2.05) is 0 Å². The normalized spacial score (nSPS) is 9.75. The van der Waals surface area contributed by atoms with Crippen LogP contribution in [0.2, 0.25) is 0 Å². The first kappa shape index (κ1) is 12.8. The number of carbonyl (C=O) groups excluding carboxylic acids is 1. The first-order valence-corrected chi connectivity index (χ1v) is 5.52. The summed E-state index contributed by atoms with van der Waals surface area (Å²) in [7, 11) is 2.98. The van der Waals surface area contributed by atoms with Gasteiger partial charge in [-0.15, -0.1) is 0 Å². The lowest BCUT2D eigenvalue weighted by Gasteiger charge is -2.12. The Morgan fingerprint density at radius 2 is 1.75 bits per heavy atom. The molecule has 0 aliphatic rings. The summed E-state index contributed by atoms with van der Waals surface area (Å²) in [6, 6.07) is 3.38. The molecule has 1 rings (SSSR count). The highest BCUT2D eigenvalue weighted by atomic mass is 79.9. The Balaban J connectivity index is 3.27. The molecule has 0 amide bonds. The highest BCUT2D eigenvalue weighted by molar-refractivity contribution is 9.10. The van der Waals surface area contributed by atoms with Crippen LogP contribution in [0.15, 0.2) is 16.6 Å². The molecule has 0 fully saturated rings. The second kappa shape index (κ2) is 5.75. The number of rotatable bonds is 4. The first-order chi connectivity index (χ1) is 7.63. The average molecular weight is 289 g/mol. The third-order valence-corrected chi connectivity index (χ3v) is 2.41. The Labute approximate surface area is 103 Å². The molecule has 0 spiro atoms. The molecule has 0 saturated carbocycles. The molecule has 0 unspecified atom stereocenters. The average Bonchev–Trinajstić information content (AvgIpc) is 2.27. The molecule has 0 atom stereocenters. The number of methoxy groups -OCH3 is 2. The van der Waals surface area contributed by atoms with E-state index in [4.69, 9.17) is 14.2 Å². The van der Waals surface area contributed by atoms with Gasteiger partial charge < -0.3 is 14.2 Å². The maximum atomic E-state index is 11.7. The number of halogens is 1. The number of ether oxygens (including phenoxy) is 3. The van der Waals surface area contributed by atoms with Gasteiger partial charge in [0.25, 0.3) is 0 Å². The van der Waals surface area contributed by atoms with Gasteiger partial charge in [0.05, 0.1) is 20.8 Å². The molecule has 88 valence electrons. The van der Waals surface area contributed by atoms with Crippen molar-refractivity contribution < 1.29 is 19.0 Å². The van der Waals surface area contributed by atoms with E-state index >= 15 is 0 Å². The van der Waals surface area contributed by atoms with Crippen molar-refractivity contribution >= 4 is 21.9 Å². The van der Waals surface area contributed by atoms with Crippen LogP contribution in [0.25, 0.3) is 0 Å². The van der Waals surface area contributed by atoms with E-state index in [1.165, 1.54) is 14.2 Å². The molecule has 5 heteroatoms. The summed E-state index contributed by atoms with van der Waals surface area (Å²) in [6.45, 7) is 2.05. The highest BCUT2D eigenvalue weighted by Crippen LogP contribution is 2.33. The highest BCUT2D eigenvalue weighted by Gasteiger charge is 2.20. The number of hydrogen-bond acceptors (Lipinski definition) is 4. The van der Waals surface area contributed by atoms with Crippen LogP contribution in [-0.2, 0) is 4.74 Å². The van der Waals surface area contributed by atoms with Crippen LogP contribution < -0.4 is 9.47 Å². The minimum Gasteiger partial charge on any atom is -0.496 e. The third kappa shape index (κ3) is 2.66. The minimum absolute atomic E-state index is 0.301. The van der Waals surface area contributed by atoms with Gasteiger partial charge >= 0.3 is 5.97 Å². The molecule has 16 heavy (non-hydrogen) atoms. The molecular weight excluding hydrogens is 276 g/mol. The van der Waals surface area contributed by atoms with Gasteiger partial charge in [-0.1, -0.05) is 15.9 Å². The maximum absolute atomic E-state index is 11.7. The fourth-order valence-corrected chi connectivity index (χ4v) is 1.70. The first-order valence-electron chi connectivity index (χ1n) is 4.72. The van der Waals surface area contributed by atoms with Gasteiger partial charge in [0.2, 0.25) is 0 Å². The molecule has 1 aromatic carbocycles. The summed E-state index contributed by atoms with van der Waals surface area (Å²) in [4.78, 5) is 11.7. The molecular formula is C11H13BrO4. The molecule has 0 N–H and O–H groups in total. The van der Waals surface area contributed by atoms with Crippen LogP contribution in [0, 0.1) is 0 Å². The zero-order chi connectivity index (χ0) is 12.1. The molecule has 1 aromatic rings. The zero-order valence-electron chi connectivity index (χ0n) is 9.37.